The van der Waals surface area contributed by atoms with E-state index in [2.05, 4.69) is 0 Å². The topological polar surface area (TPSA) is 17.1 Å². The van der Waals surface area contributed by atoms with Crippen LogP contribution in [0.5, 0.6) is 0 Å². The highest BCUT2D eigenvalue weighted by Crippen LogP contribution is 2.40. The van der Waals surface area contributed by atoms with Crippen molar-refractivity contribution in [1.29, 1.82) is 0 Å². The van der Waals surface area contributed by atoms with Gasteiger partial charge in [0.25, 0.3) is 0 Å². The maximum absolute atomic E-state index is 12.9. The van der Waals surface area contributed by atoms with Gasteiger partial charge in [-0.3, -0.25) is 0 Å². The van der Waals surface area contributed by atoms with Crippen LogP contribution in [0.15, 0.2) is 24.3 Å². The number of alkyl halides is 3. The lowest BCUT2D eigenvalue weighted by atomic mass is 9.84. The highest BCUT2D eigenvalue weighted by molar-refractivity contribution is 7.99. The quantitative estimate of drug-likeness (QED) is 0.781. The lowest BCUT2D eigenvalue weighted by Crippen LogP contribution is -2.19. The van der Waals surface area contributed by atoms with Gasteiger partial charge in [0.1, 0.15) is 6.29 Å². The van der Waals surface area contributed by atoms with Gasteiger partial charge in [-0.2, -0.15) is 24.9 Å². The Bertz CT molecular complexity index is 424. The predicted molar refractivity (Wildman–Crippen MR) is 65.7 cm³/mol. The van der Waals surface area contributed by atoms with Crippen molar-refractivity contribution in [3.8, 4) is 0 Å². The zero-order valence-electron chi connectivity index (χ0n) is 9.61. The molecule has 98 valence electrons. The van der Waals surface area contributed by atoms with Crippen molar-refractivity contribution in [3.63, 3.8) is 0 Å². The molecular weight excluding hydrogens is 261 g/mol. The highest BCUT2D eigenvalue weighted by atomic mass is 32.2. The van der Waals surface area contributed by atoms with Crippen LogP contribution in [0.25, 0.3) is 0 Å². The summed E-state index contributed by atoms with van der Waals surface area (Å²) in [4.78, 5) is 11.2. The highest BCUT2D eigenvalue weighted by Gasteiger charge is 2.37. The van der Waals surface area contributed by atoms with E-state index in [-0.39, 0.29) is 11.5 Å². The molecule has 2 rings (SSSR count). The first-order valence-electron chi connectivity index (χ1n) is 5.73. The van der Waals surface area contributed by atoms with Crippen LogP contribution in [0, 0.1) is 5.92 Å². The number of thioether (sulfide) groups is 1. The molecule has 1 aromatic carbocycles. The Hall–Kier alpha value is -0.970. The molecule has 0 aromatic heterocycles. The van der Waals surface area contributed by atoms with E-state index in [1.54, 1.807) is 17.8 Å². The average molecular weight is 274 g/mol. The number of benzene rings is 1. The third-order valence-electron chi connectivity index (χ3n) is 3.24. The summed E-state index contributed by atoms with van der Waals surface area (Å²) in [6.45, 7) is 0. The third-order valence-corrected chi connectivity index (χ3v) is 4.43. The van der Waals surface area contributed by atoms with E-state index in [0.29, 0.717) is 6.29 Å². The molecule has 1 saturated heterocycles. The molecule has 1 aliphatic rings. The summed E-state index contributed by atoms with van der Waals surface area (Å²) in [6, 6.07) is 5.39. The van der Waals surface area contributed by atoms with Gasteiger partial charge in [-0.05, 0) is 35.5 Å². The molecular formula is C13H13F3OS. The summed E-state index contributed by atoms with van der Waals surface area (Å²) in [5, 5.41) is 0. The van der Waals surface area contributed by atoms with Crippen molar-refractivity contribution in [1.82, 2.24) is 0 Å². The molecule has 0 saturated carbocycles. The lowest BCUT2D eigenvalue weighted by Gasteiger charge is -2.21. The van der Waals surface area contributed by atoms with Gasteiger partial charge in [-0.1, -0.05) is 18.2 Å². The maximum Gasteiger partial charge on any atom is 0.416 e. The SMILES string of the molecule is O=CC(c1ccccc1C(F)(F)F)C1CCSC1. The number of hydrogen-bond donors (Lipinski definition) is 0. The predicted octanol–water partition coefficient (Wildman–Crippen LogP) is 3.74. The first kappa shape index (κ1) is 13.5. The van der Waals surface area contributed by atoms with E-state index in [0.717, 1.165) is 24.0 Å². The molecule has 2 atom stereocenters. The molecule has 2 unspecified atom stereocenters. The number of hydrogen-bond acceptors (Lipinski definition) is 2. The number of carbonyl (C=O) groups excluding carboxylic acids is 1. The molecule has 0 radical (unpaired) electrons. The fourth-order valence-electron chi connectivity index (χ4n) is 2.32. The molecule has 1 heterocycles. The molecule has 18 heavy (non-hydrogen) atoms. The number of rotatable bonds is 3. The molecule has 1 aromatic rings. The number of halogens is 3. The van der Waals surface area contributed by atoms with E-state index >= 15 is 0 Å². The van der Waals surface area contributed by atoms with Crippen LogP contribution in [0.3, 0.4) is 0 Å². The average Bonchev–Trinajstić information content (AvgIpc) is 2.83. The summed E-state index contributed by atoms with van der Waals surface area (Å²) < 4.78 is 38.7. The molecule has 0 N–H and O–H groups in total. The Kier molecular flexibility index (Phi) is 4.00. The second-order valence-corrected chi connectivity index (χ2v) is 5.52. The molecule has 0 spiro atoms. The van der Waals surface area contributed by atoms with Crippen molar-refractivity contribution < 1.29 is 18.0 Å². The van der Waals surface area contributed by atoms with Gasteiger partial charge in [-0.15, -0.1) is 0 Å². The summed E-state index contributed by atoms with van der Waals surface area (Å²) in [5.41, 5.74) is -0.563. The van der Waals surface area contributed by atoms with Gasteiger partial charge in [0.05, 0.1) is 5.56 Å². The van der Waals surface area contributed by atoms with Crippen LogP contribution >= 0.6 is 11.8 Å². The second-order valence-electron chi connectivity index (χ2n) is 4.37. The van der Waals surface area contributed by atoms with Crippen LogP contribution < -0.4 is 0 Å². The zero-order chi connectivity index (χ0) is 13.2. The summed E-state index contributed by atoms with van der Waals surface area (Å²) in [5.74, 6) is 1.06. The van der Waals surface area contributed by atoms with Crippen LogP contribution in [-0.2, 0) is 11.0 Å². The second kappa shape index (κ2) is 5.34. The van der Waals surface area contributed by atoms with E-state index in [1.807, 2.05) is 0 Å². The van der Waals surface area contributed by atoms with Crippen molar-refractivity contribution in [2.45, 2.75) is 18.5 Å². The summed E-state index contributed by atoms with van der Waals surface area (Å²) in [7, 11) is 0. The molecule has 1 fully saturated rings. The Labute approximate surface area is 108 Å². The fraction of sp³-hybridized carbons (Fsp3) is 0.462. The normalized spacial score (nSPS) is 21.8. The van der Waals surface area contributed by atoms with E-state index in [9.17, 15) is 18.0 Å². The van der Waals surface area contributed by atoms with Crippen LogP contribution in [0.2, 0.25) is 0 Å². The Balaban J connectivity index is 2.38. The van der Waals surface area contributed by atoms with Gasteiger partial charge in [0.2, 0.25) is 0 Å². The molecule has 0 aliphatic carbocycles. The molecule has 5 heteroatoms. The molecule has 0 amide bonds. The Morgan fingerprint density at radius 3 is 2.61 bits per heavy atom. The first-order valence-corrected chi connectivity index (χ1v) is 6.88. The van der Waals surface area contributed by atoms with Crippen LogP contribution in [-0.4, -0.2) is 17.8 Å². The first-order chi connectivity index (χ1) is 8.54. The van der Waals surface area contributed by atoms with Gasteiger partial charge in [0, 0.05) is 5.92 Å². The molecule has 0 bridgehead atoms. The third kappa shape index (κ3) is 2.71. The van der Waals surface area contributed by atoms with E-state index in [4.69, 9.17) is 0 Å². The zero-order valence-corrected chi connectivity index (χ0v) is 10.4. The van der Waals surface area contributed by atoms with Gasteiger partial charge >= 0.3 is 6.18 Å². The largest absolute Gasteiger partial charge is 0.416 e. The maximum atomic E-state index is 12.9. The minimum absolute atomic E-state index is 0.0241. The van der Waals surface area contributed by atoms with Gasteiger partial charge < -0.3 is 4.79 Å². The fourth-order valence-corrected chi connectivity index (χ4v) is 3.63. The summed E-state index contributed by atoms with van der Waals surface area (Å²) >= 11 is 1.69. The molecule has 1 nitrogen and oxygen atoms in total. The number of carbonyl (C=O) groups is 1. The Morgan fingerprint density at radius 2 is 2.06 bits per heavy atom. The monoisotopic (exact) mass is 274 g/mol. The lowest BCUT2D eigenvalue weighted by molar-refractivity contribution is -0.138. The number of aldehydes is 1. The van der Waals surface area contributed by atoms with Gasteiger partial charge in [0.15, 0.2) is 0 Å². The standard InChI is InChI=1S/C13H13F3OS/c14-13(15,16)12-4-2-1-3-10(12)11(7-17)9-5-6-18-8-9/h1-4,7,9,11H,5-6,8H2. The van der Waals surface area contributed by atoms with Crippen molar-refractivity contribution in [3.05, 3.63) is 35.4 Å². The summed E-state index contributed by atoms with van der Waals surface area (Å²) in [6.07, 6.45) is -2.93. The smallest absolute Gasteiger partial charge is 0.303 e. The van der Waals surface area contributed by atoms with Crippen LogP contribution in [0.1, 0.15) is 23.5 Å². The Morgan fingerprint density at radius 1 is 1.33 bits per heavy atom. The van der Waals surface area contributed by atoms with E-state index < -0.39 is 17.7 Å². The van der Waals surface area contributed by atoms with E-state index in [1.165, 1.54) is 12.1 Å². The minimum atomic E-state index is -4.40. The van der Waals surface area contributed by atoms with Crippen molar-refractivity contribution >= 4 is 18.0 Å². The van der Waals surface area contributed by atoms with Crippen molar-refractivity contribution in [2.24, 2.45) is 5.92 Å². The minimum Gasteiger partial charge on any atom is -0.303 e. The molecule has 1 aliphatic heterocycles. The van der Waals surface area contributed by atoms with Gasteiger partial charge in [-0.25, -0.2) is 0 Å². The van der Waals surface area contributed by atoms with Crippen LogP contribution in [0.4, 0.5) is 13.2 Å². The van der Waals surface area contributed by atoms with Crippen molar-refractivity contribution in [2.75, 3.05) is 11.5 Å².